The van der Waals surface area contributed by atoms with Crippen molar-refractivity contribution < 1.29 is 18.3 Å². The third-order valence-electron chi connectivity index (χ3n) is 5.47. The minimum absolute atomic E-state index is 0.0585. The number of amides is 1. The second-order valence-corrected chi connectivity index (χ2v) is 8.67. The Kier molecular flexibility index (Phi) is 7.49. The molecule has 34 heavy (non-hydrogen) atoms. The van der Waals surface area contributed by atoms with Crippen molar-refractivity contribution in [1.82, 2.24) is 9.88 Å². The predicted molar refractivity (Wildman–Crippen MR) is 132 cm³/mol. The highest BCUT2D eigenvalue weighted by Gasteiger charge is 2.23. The van der Waals surface area contributed by atoms with Crippen LogP contribution in [0.2, 0.25) is 0 Å². The van der Waals surface area contributed by atoms with E-state index < -0.39 is 11.6 Å². The summed E-state index contributed by atoms with van der Waals surface area (Å²) in [5.41, 5.74) is 0.474. The maximum absolute atomic E-state index is 14.3. The van der Waals surface area contributed by atoms with Crippen LogP contribution in [0.4, 0.5) is 13.9 Å². The number of likely N-dealkylation sites (N-methyl/N-ethyl adjacent to an activating group) is 1. The summed E-state index contributed by atoms with van der Waals surface area (Å²) in [6.45, 7) is 6.74. The normalized spacial score (nSPS) is 11.2. The Bertz CT molecular complexity index is 1280. The summed E-state index contributed by atoms with van der Waals surface area (Å²) in [6, 6.07) is 18.3. The van der Waals surface area contributed by atoms with Crippen molar-refractivity contribution in [2.45, 2.75) is 13.8 Å². The highest BCUT2D eigenvalue weighted by molar-refractivity contribution is 7.22. The summed E-state index contributed by atoms with van der Waals surface area (Å²) >= 11 is 1.09. The number of para-hydroxylation sites is 1. The minimum atomic E-state index is -0.744. The monoisotopic (exact) mass is 481 g/mol. The molecular formula is C26H25F2N3O2S. The number of fused-ring (bicyclic) bond motifs is 1. The lowest BCUT2D eigenvalue weighted by Gasteiger charge is -2.25. The van der Waals surface area contributed by atoms with Crippen LogP contribution < -0.4 is 9.64 Å². The molecule has 1 amide bonds. The standard InChI is InChI=1S/C26H25F2N3O2S/c1-3-30(4-2)13-14-31(26-29-24-22(28)16-19(27)17-23(24)34-26)25(32)18-9-8-12-21(15-18)33-20-10-6-5-7-11-20/h5-12,15-17H,3-4,13-14H2,1-2H3. The molecule has 1 heterocycles. The maximum Gasteiger partial charge on any atom is 0.260 e. The van der Waals surface area contributed by atoms with Gasteiger partial charge in [0.1, 0.15) is 22.8 Å². The second kappa shape index (κ2) is 10.7. The molecule has 4 rings (SSSR count). The number of ether oxygens (including phenoxy) is 1. The molecular weight excluding hydrogens is 456 g/mol. The van der Waals surface area contributed by atoms with E-state index in [1.54, 1.807) is 24.3 Å². The Hall–Kier alpha value is -3.36. The number of aromatic nitrogens is 1. The summed E-state index contributed by atoms with van der Waals surface area (Å²) < 4.78 is 34.3. The minimum Gasteiger partial charge on any atom is -0.457 e. The van der Waals surface area contributed by atoms with Crippen LogP contribution in [0, 0.1) is 11.6 Å². The fraction of sp³-hybridized carbons (Fsp3) is 0.231. The first-order valence-electron chi connectivity index (χ1n) is 11.1. The molecule has 0 aliphatic heterocycles. The fourth-order valence-corrected chi connectivity index (χ4v) is 4.63. The lowest BCUT2D eigenvalue weighted by Crippen LogP contribution is -2.38. The molecule has 0 aliphatic carbocycles. The smallest absolute Gasteiger partial charge is 0.260 e. The van der Waals surface area contributed by atoms with Crippen molar-refractivity contribution >= 4 is 32.6 Å². The molecule has 0 N–H and O–H groups in total. The van der Waals surface area contributed by atoms with E-state index in [9.17, 15) is 13.6 Å². The molecule has 1 aromatic heterocycles. The van der Waals surface area contributed by atoms with Gasteiger partial charge in [-0.05, 0) is 49.5 Å². The summed E-state index contributed by atoms with van der Waals surface area (Å²) in [7, 11) is 0. The van der Waals surface area contributed by atoms with E-state index in [-0.39, 0.29) is 11.4 Å². The molecule has 0 bridgehead atoms. The maximum atomic E-state index is 14.3. The molecule has 4 aromatic rings. The molecule has 0 radical (unpaired) electrons. The summed E-state index contributed by atoms with van der Waals surface area (Å²) in [4.78, 5) is 21.7. The van der Waals surface area contributed by atoms with Crippen molar-refractivity contribution in [1.29, 1.82) is 0 Å². The van der Waals surface area contributed by atoms with Crippen molar-refractivity contribution in [3.63, 3.8) is 0 Å². The Balaban J connectivity index is 1.67. The van der Waals surface area contributed by atoms with Gasteiger partial charge in [-0.1, -0.05) is 49.4 Å². The van der Waals surface area contributed by atoms with E-state index in [1.165, 1.54) is 11.0 Å². The number of rotatable bonds is 9. The number of hydrogen-bond acceptors (Lipinski definition) is 5. The van der Waals surface area contributed by atoms with Crippen molar-refractivity contribution in [3.05, 3.63) is 83.9 Å². The van der Waals surface area contributed by atoms with Gasteiger partial charge in [-0.25, -0.2) is 13.8 Å². The molecule has 0 saturated carbocycles. The molecule has 3 aromatic carbocycles. The van der Waals surface area contributed by atoms with Crippen LogP contribution in [0.5, 0.6) is 11.5 Å². The van der Waals surface area contributed by atoms with Crippen molar-refractivity contribution in [3.8, 4) is 11.5 Å². The molecule has 0 spiro atoms. The van der Waals surface area contributed by atoms with Gasteiger partial charge >= 0.3 is 0 Å². The van der Waals surface area contributed by atoms with Gasteiger partial charge in [0.15, 0.2) is 10.9 Å². The van der Waals surface area contributed by atoms with Crippen molar-refractivity contribution in [2.75, 3.05) is 31.1 Å². The Labute approximate surface area is 201 Å². The fourth-order valence-electron chi connectivity index (χ4n) is 3.60. The molecule has 0 fully saturated rings. The molecule has 8 heteroatoms. The highest BCUT2D eigenvalue weighted by Crippen LogP contribution is 2.32. The van der Waals surface area contributed by atoms with E-state index in [0.717, 1.165) is 30.5 Å². The molecule has 0 aliphatic rings. The lowest BCUT2D eigenvalue weighted by molar-refractivity contribution is 0.0983. The van der Waals surface area contributed by atoms with Crippen LogP contribution >= 0.6 is 11.3 Å². The highest BCUT2D eigenvalue weighted by atomic mass is 32.1. The SMILES string of the molecule is CCN(CC)CCN(C(=O)c1cccc(Oc2ccccc2)c1)c1nc2c(F)cc(F)cc2s1. The van der Waals surface area contributed by atoms with E-state index in [0.29, 0.717) is 40.0 Å². The number of thiazole rings is 1. The zero-order valence-electron chi connectivity index (χ0n) is 19.0. The van der Waals surface area contributed by atoms with Crippen LogP contribution in [0.15, 0.2) is 66.7 Å². The molecule has 0 unspecified atom stereocenters. The number of nitrogens with zero attached hydrogens (tertiary/aromatic N) is 3. The van der Waals surface area contributed by atoms with Gasteiger partial charge in [0.2, 0.25) is 0 Å². The molecule has 0 atom stereocenters. The Morgan fingerprint density at radius 1 is 0.941 bits per heavy atom. The second-order valence-electron chi connectivity index (χ2n) is 7.66. The average Bonchev–Trinajstić information content (AvgIpc) is 3.26. The molecule has 176 valence electrons. The number of hydrogen-bond donors (Lipinski definition) is 0. The quantitative estimate of drug-likeness (QED) is 0.279. The number of benzene rings is 3. The van der Waals surface area contributed by atoms with Gasteiger partial charge in [-0.2, -0.15) is 0 Å². The van der Waals surface area contributed by atoms with Crippen LogP contribution in [0.3, 0.4) is 0 Å². The largest absolute Gasteiger partial charge is 0.457 e. The summed E-state index contributed by atoms with van der Waals surface area (Å²) in [5.74, 6) is -0.517. The predicted octanol–water partition coefficient (Wildman–Crippen LogP) is 6.36. The third kappa shape index (κ3) is 5.40. The topological polar surface area (TPSA) is 45.7 Å². The first-order valence-corrected chi connectivity index (χ1v) is 11.9. The van der Waals surface area contributed by atoms with Crippen LogP contribution in [0.1, 0.15) is 24.2 Å². The number of anilines is 1. The van der Waals surface area contributed by atoms with Crippen LogP contribution in [0.25, 0.3) is 10.2 Å². The van der Waals surface area contributed by atoms with Crippen LogP contribution in [-0.4, -0.2) is 42.0 Å². The first-order chi connectivity index (χ1) is 16.5. The summed E-state index contributed by atoms with van der Waals surface area (Å²) in [5, 5.41) is 0.325. The van der Waals surface area contributed by atoms with Crippen LogP contribution in [-0.2, 0) is 0 Å². The number of carbonyl (C=O) groups excluding carboxylic acids is 1. The van der Waals surface area contributed by atoms with Gasteiger partial charge in [0.25, 0.3) is 5.91 Å². The first kappa shape index (κ1) is 23.8. The van der Waals surface area contributed by atoms with E-state index in [4.69, 9.17) is 4.74 Å². The van der Waals surface area contributed by atoms with Gasteiger partial charge in [0.05, 0.1) is 4.70 Å². The summed E-state index contributed by atoms with van der Waals surface area (Å²) in [6.07, 6.45) is 0. The number of carbonyl (C=O) groups is 1. The van der Waals surface area contributed by atoms with E-state index in [1.807, 2.05) is 30.3 Å². The van der Waals surface area contributed by atoms with Gasteiger partial charge in [-0.3, -0.25) is 9.69 Å². The lowest BCUT2D eigenvalue weighted by atomic mass is 10.2. The van der Waals surface area contributed by atoms with Gasteiger partial charge in [-0.15, -0.1) is 0 Å². The third-order valence-corrected chi connectivity index (χ3v) is 6.50. The Morgan fingerprint density at radius 3 is 2.41 bits per heavy atom. The van der Waals surface area contributed by atoms with Gasteiger partial charge in [0, 0.05) is 24.7 Å². The Morgan fingerprint density at radius 2 is 1.68 bits per heavy atom. The molecule has 5 nitrogen and oxygen atoms in total. The van der Waals surface area contributed by atoms with Crippen molar-refractivity contribution in [2.24, 2.45) is 0 Å². The van der Waals surface area contributed by atoms with E-state index in [2.05, 4.69) is 23.7 Å². The zero-order valence-corrected chi connectivity index (χ0v) is 19.8. The number of halogens is 2. The zero-order chi connectivity index (χ0) is 24.1. The average molecular weight is 482 g/mol. The van der Waals surface area contributed by atoms with Gasteiger partial charge < -0.3 is 9.64 Å². The van der Waals surface area contributed by atoms with E-state index >= 15 is 0 Å². The molecule has 0 saturated heterocycles.